The number of pyridine rings is 1. The van der Waals surface area contributed by atoms with Gasteiger partial charge in [0.1, 0.15) is 23.6 Å². The molecule has 3 N–H and O–H groups in total. The first-order valence-corrected chi connectivity index (χ1v) is 15.3. The van der Waals surface area contributed by atoms with Gasteiger partial charge < -0.3 is 29.5 Å². The number of carboxylic acids is 1. The Bertz CT molecular complexity index is 1540. The highest BCUT2D eigenvalue weighted by molar-refractivity contribution is 5.89. The maximum absolute atomic E-state index is 13.7. The summed E-state index contributed by atoms with van der Waals surface area (Å²) in [6.07, 6.45) is 6.90. The summed E-state index contributed by atoms with van der Waals surface area (Å²) < 4.78 is 12.1. The van der Waals surface area contributed by atoms with E-state index in [-0.39, 0.29) is 18.5 Å². The molecule has 2 aromatic heterocycles. The molecule has 2 amide bonds. The zero-order valence-corrected chi connectivity index (χ0v) is 25.4. The third-order valence-electron chi connectivity index (χ3n) is 9.40. The predicted molar refractivity (Wildman–Crippen MR) is 162 cm³/mol. The number of amides is 2. The van der Waals surface area contributed by atoms with Crippen LogP contribution in [0.3, 0.4) is 0 Å². The number of urea groups is 1. The number of methoxy groups -OCH3 is 1. The first-order chi connectivity index (χ1) is 21.2. The number of hydrogen-bond donors (Lipinski definition) is 3. The van der Waals surface area contributed by atoms with Crippen LogP contribution in [0.2, 0.25) is 0 Å². The number of rotatable bonds is 5. The molecule has 0 radical (unpaired) electrons. The minimum Gasteiger partial charge on any atom is -0.496 e. The van der Waals surface area contributed by atoms with Crippen LogP contribution in [0.5, 0.6) is 11.6 Å². The van der Waals surface area contributed by atoms with Gasteiger partial charge in [-0.05, 0) is 56.4 Å². The van der Waals surface area contributed by atoms with Gasteiger partial charge in [-0.2, -0.15) is 4.98 Å². The van der Waals surface area contributed by atoms with Crippen LogP contribution in [-0.2, 0) is 4.79 Å². The molecule has 0 spiro atoms. The van der Waals surface area contributed by atoms with Crippen molar-refractivity contribution in [3.8, 4) is 23.0 Å². The average Bonchev–Trinajstić information content (AvgIpc) is 3.56. The molecular weight excluding hydrogens is 564 g/mol. The Kier molecular flexibility index (Phi) is 8.30. The summed E-state index contributed by atoms with van der Waals surface area (Å²) in [6, 6.07) is 6.44. The van der Waals surface area contributed by atoms with Crippen LogP contribution in [0, 0.1) is 12.8 Å². The number of nitrogens with zero attached hydrogens (tertiary/aromatic N) is 5. The summed E-state index contributed by atoms with van der Waals surface area (Å²) in [5.74, 6) is 0.501. The molecule has 4 heterocycles. The Morgan fingerprint density at radius 1 is 1.11 bits per heavy atom. The number of aliphatic hydroxyl groups is 1. The number of carbonyl (C=O) groups excluding carboxylic acids is 1. The van der Waals surface area contributed by atoms with E-state index in [1.54, 1.807) is 36.4 Å². The Hall–Kier alpha value is -4.03. The number of fused-ring (bicyclic) bond motifs is 3. The normalized spacial score (nSPS) is 27.8. The number of carboxylic acid groups (broad SMARTS) is 1. The second kappa shape index (κ2) is 12.2. The lowest BCUT2D eigenvalue weighted by Gasteiger charge is -2.33. The van der Waals surface area contributed by atoms with Crippen molar-refractivity contribution in [2.75, 3.05) is 27.2 Å². The third-order valence-corrected chi connectivity index (χ3v) is 9.40. The van der Waals surface area contributed by atoms with E-state index in [1.165, 1.54) is 0 Å². The molecule has 3 fully saturated rings. The summed E-state index contributed by atoms with van der Waals surface area (Å²) >= 11 is 0. The first-order valence-electron chi connectivity index (χ1n) is 15.3. The molecule has 12 heteroatoms. The van der Waals surface area contributed by atoms with E-state index in [9.17, 15) is 19.8 Å². The molecule has 3 aromatic rings. The zero-order chi connectivity index (χ0) is 31.0. The standard InChI is InChI=1S/C32H40N6O6/c1-19-25(43-3)10-9-23-26(19)34-27(20-11-13-33-14-12-20)35-29(23)44-22-16-24-28(39)36-32(30(40)41)17-21(32)8-6-4-5-7-15-37(2)31(42)38(24)18-22/h9-14,21-22,24,28,36,39H,4-8,15-18H2,1-3H3,(H,40,41)/t21-,22?,24+,28?,32-/m1/s1. The van der Waals surface area contributed by atoms with Crippen molar-refractivity contribution < 1.29 is 29.3 Å². The number of carbonyl (C=O) groups is 2. The molecule has 3 aliphatic rings. The highest BCUT2D eigenvalue weighted by atomic mass is 16.5. The van der Waals surface area contributed by atoms with Gasteiger partial charge in [0.05, 0.1) is 30.6 Å². The van der Waals surface area contributed by atoms with Crippen molar-refractivity contribution in [3.05, 3.63) is 42.2 Å². The van der Waals surface area contributed by atoms with Gasteiger partial charge in [-0.25, -0.2) is 9.78 Å². The van der Waals surface area contributed by atoms with E-state index >= 15 is 0 Å². The van der Waals surface area contributed by atoms with Crippen molar-refractivity contribution in [1.82, 2.24) is 30.1 Å². The van der Waals surface area contributed by atoms with Gasteiger partial charge in [0.15, 0.2) is 5.82 Å². The average molecular weight is 605 g/mol. The van der Waals surface area contributed by atoms with Gasteiger partial charge in [0, 0.05) is 43.5 Å². The predicted octanol–water partition coefficient (Wildman–Crippen LogP) is 3.60. The SMILES string of the molecule is COc1ccc2c(OC3C[C@H]4C(O)N[C@]5(C(=O)O)C[C@H]5CCCCCCN(C)C(=O)N4C3)nc(-c3ccncc3)nc2c1C. The third kappa shape index (κ3) is 5.63. The van der Waals surface area contributed by atoms with Crippen LogP contribution in [0.4, 0.5) is 4.79 Å². The lowest BCUT2D eigenvalue weighted by atomic mass is 10.0. The van der Waals surface area contributed by atoms with E-state index in [1.807, 2.05) is 31.2 Å². The molecule has 1 aliphatic carbocycles. The van der Waals surface area contributed by atoms with Gasteiger partial charge in [0.25, 0.3) is 0 Å². The molecule has 12 nitrogen and oxygen atoms in total. The molecular formula is C32H40N6O6. The molecule has 6 rings (SSSR count). The van der Waals surface area contributed by atoms with Crippen molar-refractivity contribution in [2.24, 2.45) is 5.92 Å². The number of ether oxygens (including phenoxy) is 2. The summed E-state index contributed by atoms with van der Waals surface area (Å²) in [5.41, 5.74) is 1.11. The minimum absolute atomic E-state index is 0.0444. The van der Waals surface area contributed by atoms with Crippen LogP contribution in [-0.4, -0.2) is 98.1 Å². The minimum atomic E-state index is -1.24. The Morgan fingerprint density at radius 3 is 2.64 bits per heavy atom. The zero-order valence-electron chi connectivity index (χ0n) is 25.4. The number of benzene rings is 1. The monoisotopic (exact) mass is 604 g/mol. The Labute approximate surface area is 256 Å². The van der Waals surface area contributed by atoms with Crippen LogP contribution < -0.4 is 14.8 Å². The fourth-order valence-electron chi connectivity index (χ4n) is 6.76. The van der Waals surface area contributed by atoms with Gasteiger partial charge in [0.2, 0.25) is 5.88 Å². The smallest absolute Gasteiger partial charge is 0.324 e. The molecule has 0 bridgehead atoms. The maximum atomic E-state index is 13.7. The van der Waals surface area contributed by atoms with Gasteiger partial charge in [-0.3, -0.25) is 15.1 Å². The fraction of sp³-hybridized carbons (Fsp3) is 0.531. The molecule has 1 saturated carbocycles. The Balaban J connectivity index is 1.33. The van der Waals surface area contributed by atoms with Crippen LogP contribution in [0.25, 0.3) is 22.3 Å². The van der Waals surface area contributed by atoms with Crippen molar-refractivity contribution in [1.29, 1.82) is 0 Å². The van der Waals surface area contributed by atoms with Gasteiger partial charge in [-0.1, -0.05) is 19.3 Å². The Morgan fingerprint density at radius 2 is 1.89 bits per heavy atom. The quantitative estimate of drug-likeness (QED) is 0.394. The summed E-state index contributed by atoms with van der Waals surface area (Å²) in [6.45, 7) is 2.74. The van der Waals surface area contributed by atoms with E-state index in [0.29, 0.717) is 47.7 Å². The summed E-state index contributed by atoms with van der Waals surface area (Å²) in [7, 11) is 3.38. The van der Waals surface area contributed by atoms with Gasteiger partial charge in [-0.15, -0.1) is 0 Å². The van der Waals surface area contributed by atoms with Crippen LogP contribution in [0.15, 0.2) is 36.7 Å². The van der Waals surface area contributed by atoms with Crippen LogP contribution in [0.1, 0.15) is 50.5 Å². The number of aliphatic hydroxyl groups excluding tert-OH is 1. The van der Waals surface area contributed by atoms with E-state index in [2.05, 4.69) is 10.3 Å². The van der Waals surface area contributed by atoms with Crippen molar-refractivity contribution in [2.45, 2.75) is 75.8 Å². The lowest BCUT2D eigenvalue weighted by Crippen LogP contribution is -2.57. The van der Waals surface area contributed by atoms with E-state index < -0.39 is 29.9 Å². The molecule has 5 atom stereocenters. The number of nitrogens with one attached hydrogen (secondary N) is 1. The second-order valence-electron chi connectivity index (χ2n) is 12.2. The highest BCUT2D eigenvalue weighted by Crippen LogP contribution is 2.48. The first kappa shape index (κ1) is 30.0. The molecule has 1 aromatic carbocycles. The largest absolute Gasteiger partial charge is 0.496 e. The van der Waals surface area contributed by atoms with Gasteiger partial charge >= 0.3 is 12.0 Å². The topological polar surface area (TPSA) is 150 Å². The van der Waals surface area contributed by atoms with E-state index in [0.717, 1.165) is 43.2 Å². The molecule has 44 heavy (non-hydrogen) atoms. The number of aromatic nitrogens is 3. The summed E-state index contributed by atoms with van der Waals surface area (Å²) in [5, 5.41) is 25.3. The number of hydrogen-bond acceptors (Lipinski definition) is 9. The maximum Gasteiger partial charge on any atom is 0.324 e. The molecule has 234 valence electrons. The lowest BCUT2D eigenvalue weighted by molar-refractivity contribution is -0.143. The van der Waals surface area contributed by atoms with E-state index in [4.69, 9.17) is 19.4 Å². The second-order valence-corrected chi connectivity index (χ2v) is 12.2. The molecule has 2 saturated heterocycles. The molecule has 2 unspecified atom stereocenters. The van der Waals surface area contributed by atoms with Crippen LogP contribution >= 0.6 is 0 Å². The highest BCUT2D eigenvalue weighted by Gasteiger charge is 2.61. The van der Waals surface area contributed by atoms with Crippen molar-refractivity contribution >= 4 is 22.9 Å². The number of aliphatic carboxylic acids is 1. The number of aryl methyl sites for hydroxylation is 1. The van der Waals surface area contributed by atoms with Crippen molar-refractivity contribution in [3.63, 3.8) is 0 Å². The molecule has 2 aliphatic heterocycles. The fourth-order valence-corrected chi connectivity index (χ4v) is 6.76. The summed E-state index contributed by atoms with van der Waals surface area (Å²) in [4.78, 5) is 43.1.